The molecule has 0 amide bonds. The zero-order valence-electron chi connectivity index (χ0n) is 10.1. The number of nitrogens with one attached hydrogen (secondary N) is 1. The van der Waals surface area contributed by atoms with Gasteiger partial charge in [-0.3, -0.25) is 0 Å². The van der Waals surface area contributed by atoms with Crippen LogP contribution < -0.4 is 5.48 Å². The molecule has 0 aliphatic heterocycles. The summed E-state index contributed by atoms with van der Waals surface area (Å²) in [5, 5.41) is 8.88. The van der Waals surface area contributed by atoms with E-state index in [9.17, 15) is 4.79 Å². The van der Waals surface area contributed by atoms with E-state index in [1.807, 2.05) is 6.07 Å². The fourth-order valence-electron chi connectivity index (χ4n) is 2.18. The number of hydrogen-bond acceptors (Lipinski definition) is 4. The molecule has 4 nitrogen and oxygen atoms in total. The van der Waals surface area contributed by atoms with Crippen LogP contribution in [0.4, 0.5) is 0 Å². The van der Waals surface area contributed by atoms with Crippen molar-refractivity contribution in [1.29, 1.82) is 5.26 Å². The number of hydrogen-bond donors (Lipinski definition) is 1. The lowest BCUT2D eigenvalue weighted by Gasteiger charge is -2.25. The molecule has 4 heteroatoms. The molecule has 1 saturated carbocycles. The summed E-state index contributed by atoms with van der Waals surface area (Å²) in [6.45, 7) is 0. The van der Waals surface area contributed by atoms with E-state index in [1.54, 1.807) is 24.3 Å². The topological polar surface area (TPSA) is 62.1 Å². The van der Waals surface area contributed by atoms with Crippen LogP contribution in [0, 0.1) is 17.2 Å². The quantitative estimate of drug-likeness (QED) is 0.829. The van der Waals surface area contributed by atoms with E-state index in [2.05, 4.69) is 11.5 Å². The van der Waals surface area contributed by atoms with E-state index >= 15 is 0 Å². The second kappa shape index (κ2) is 6.18. The summed E-state index contributed by atoms with van der Waals surface area (Å²) in [5.74, 6) is -0.304. The molecule has 94 valence electrons. The Labute approximate surface area is 107 Å². The summed E-state index contributed by atoms with van der Waals surface area (Å²) in [4.78, 5) is 16.8. The van der Waals surface area contributed by atoms with E-state index in [1.165, 1.54) is 0 Å². The van der Waals surface area contributed by atoms with Gasteiger partial charge in [0.25, 0.3) is 0 Å². The van der Waals surface area contributed by atoms with Crippen LogP contribution in [-0.4, -0.2) is 12.0 Å². The molecule has 1 fully saturated rings. The van der Waals surface area contributed by atoms with E-state index < -0.39 is 0 Å². The highest BCUT2D eigenvalue weighted by atomic mass is 16.7. The van der Waals surface area contributed by atoms with Crippen molar-refractivity contribution in [1.82, 2.24) is 5.48 Å². The summed E-state index contributed by atoms with van der Waals surface area (Å²) < 4.78 is 0. The van der Waals surface area contributed by atoms with Gasteiger partial charge < -0.3 is 4.84 Å². The van der Waals surface area contributed by atoms with Gasteiger partial charge in [-0.1, -0.05) is 24.6 Å². The molecule has 18 heavy (non-hydrogen) atoms. The lowest BCUT2D eigenvalue weighted by atomic mass is 9.87. The van der Waals surface area contributed by atoms with Crippen LogP contribution in [0.3, 0.4) is 0 Å². The maximum absolute atomic E-state index is 11.7. The number of carbonyl (C=O) groups is 1. The minimum Gasteiger partial charge on any atom is -0.366 e. The van der Waals surface area contributed by atoms with Gasteiger partial charge >= 0.3 is 5.97 Å². The Morgan fingerprint density at radius 3 is 2.83 bits per heavy atom. The van der Waals surface area contributed by atoms with E-state index in [0.717, 1.165) is 25.7 Å². The largest absolute Gasteiger partial charge is 0.366 e. The van der Waals surface area contributed by atoms with Crippen LogP contribution >= 0.6 is 0 Å². The molecule has 0 spiro atoms. The molecule has 1 aliphatic carbocycles. The minimum atomic E-state index is -0.380. The fraction of sp³-hybridized carbons (Fsp3) is 0.429. The first-order valence-electron chi connectivity index (χ1n) is 6.21. The van der Waals surface area contributed by atoms with E-state index in [-0.39, 0.29) is 17.9 Å². The lowest BCUT2D eigenvalue weighted by Crippen LogP contribution is -2.35. The van der Waals surface area contributed by atoms with Crippen molar-refractivity contribution >= 4 is 5.97 Å². The first kappa shape index (κ1) is 12.6. The van der Waals surface area contributed by atoms with Gasteiger partial charge in [0.15, 0.2) is 0 Å². The predicted octanol–water partition coefficient (Wildman–Crippen LogP) is 2.43. The van der Waals surface area contributed by atoms with Crippen LogP contribution in [-0.2, 0) is 4.84 Å². The Balaban J connectivity index is 1.81. The molecule has 0 heterocycles. The van der Waals surface area contributed by atoms with Gasteiger partial charge in [0.1, 0.15) is 0 Å². The van der Waals surface area contributed by atoms with Gasteiger partial charge in [0.05, 0.1) is 11.6 Å². The highest BCUT2D eigenvalue weighted by molar-refractivity contribution is 5.89. The van der Waals surface area contributed by atoms with Gasteiger partial charge in [-0.2, -0.15) is 5.26 Å². The normalized spacial score (nSPS) is 23.1. The van der Waals surface area contributed by atoms with Gasteiger partial charge in [0, 0.05) is 12.0 Å². The van der Waals surface area contributed by atoms with Crippen molar-refractivity contribution in [3.63, 3.8) is 0 Å². The average molecular weight is 244 g/mol. The second-order valence-corrected chi connectivity index (χ2v) is 4.56. The zero-order chi connectivity index (χ0) is 12.8. The third kappa shape index (κ3) is 3.31. The summed E-state index contributed by atoms with van der Waals surface area (Å²) in [6, 6.07) is 11.2. The molecule has 0 unspecified atom stereocenters. The average Bonchev–Trinajstić information content (AvgIpc) is 2.46. The fourth-order valence-corrected chi connectivity index (χ4v) is 2.18. The Bertz CT molecular complexity index is 439. The van der Waals surface area contributed by atoms with Crippen LogP contribution in [0.25, 0.3) is 0 Å². The predicted molar refractivity (Wildman–Crippen MR) is 66.4 cm³/mol. The molecule has 0 bridgehead atoms. The van der Waals surface area contributed by atoms with Gasteiger partial charge in [-0.15, -0.1) is 5.48 Å². The molecule has 2 atom stereocenters. The number of hydroxylamine groups is 1. The monoisotopic (exact) mass is 244 g/mol. The summed E-state index contributed by atoms with van der Waals surface area (Å²) in [5.41, 5.74) is 3.31. The number of benzene rings is 1. The molecule has 1 aliphatic rings. The third-order valence-electron chi connectivity index (χ3n) is 3.18. The number of carbonyl (C=O) groups excluding carboxylic acids is 1. The van der Waals surface area contributed by atoms with Crippen molar-refractivity contribution in [2.75, 3.05) is 0 Å². The van der Waals surface area contributed by atoms with Crippen molar-refractivity contribution in [3.8, 4) is 6.07 Å². The van der Waals surface area contributed by atoms with E-state index in [4.69, 9.17) is 10.1 Å². The van der Waals surface area contributed by atoms with Gasteiger partial charge in [-0.25, -0.2) is 4.79 Å². The van der Waals surface area contributed by atoms with Gasteiger partial charge in [-0.05, 0) is 31.4 Å². The van der Waals surface area contributed by atoms with E-state index in [0.29, 0.717) is 5.56 Å². The Morgan fingerprint density at radius 2 is 2.11 bits per heavy atom. The van der Waals surface area contributed by atoms with Crippen molar-refractivity contribution < 1.29 is 9.63 Å². The Hall–Kier alpha value is -1.86. The second-order valence-electron chi connectivity index (χ2n) is 4.56. The smallest absolute Gasteiger partial charge is 0.356 e. The van der Waals surface area contributed by atoms with Crippen LogP contribution in [0.1, 0.15) is 36.0 Å². The van der Waals surface area contributed by atoms with Crippen molar-refractivity contribution in [2.24, 2.45) is 5.92 Å². The lowest BCUT2D eigenvalue weighted by molar-refractivity contribution is 0.00970. The molecular formula is C14H16N2O2. The number of nitrogens with zero attached hydrogens (tertiary/aromatic N) is 1. The SMILES string of the molecule is N#C[C@@H]1CCC[C@H](NOC(=O)c2ccccc2)C1. The molecule has 0 saturated heterocycles. The molecular weight excluding hydrogens is 228 g/mol. The number of nitriles is 1. The maximum Gasteiger partial charge on any atom is 0.356 e. The molecule has 0 aromatic heterocycles. The van der Waals surface area contributed by atoms with Gasteiger partial charge in [0.2, 0.25) is 0 Å². The number of rotatable bonds is 3. The zero-order valence-corrected chi connectivity index (χ0v) is 10.1. The molecule has 1 N–H and O–H groups in total. The summed E-state index contributed by atoms with van der Waals surface area (Å²) in [7, 11) is 0. The molecule has 2 rings (SSSR count). The molecule has 1 aromatic rings. The first-order chi connectivity index (χ1) is 8.79. The van der Waals surface area contributed by atoms with Crippen molar-refractivity contribution in [2.45, 2.75) is 31.7 Å². The van der Waals surface area contributed by atoms with Crippen LogP contribution in [0.2, 0.25) is 0 Å². The third-order valence-corrected chi connectivity index (χ3v) is 3.18. The summed E-state index contributed by atoms with van der Waals surface area (Å²) >= 11 is 0. The highest BCUT2D eigenvalue weighted by Gasteiger charge is 2.22. The molecule has 0 radical (unpaired) electrons. The standard InChI is InChI=1S/C14H16N2O2/c15-10-11-5-4-8-13(9-11)16-18-14(17)12-6-2-1-3-7-12/h1-3,6-7,11,13,16H,4-5,8-9H2/t11-,13+/m1/s1. The Morgan fingerprint density at radius 1 is 1.33 bits per heavy atom. The maximum atomic E-state index is 11.7. The Kier molecular flexibility index (Phi) is 4.32. The van der Waals surface area contributed by atoms with Crippen molar-refractivity contribution in [3.05, 3.63) is 35.9 Å². The highest BCUT2D eigenvalue weighted by Crippen LogP contribution is 2.23. The van der Waals surface area contributed by atoms with Crippen LogP contribution in [0.5, 0.6) is 0 Å². The molecule has 1 aromatic carbocycles. The first-order valence-corrected chi connectivity index (χ1v) is 6.21. The van der Waals surface area contributed by atoms with Crippen LogP contribution in [0.15, 0.2) is 30.3 Å². The summed E-state index contributed by atoms with van der Waals surface area (Å²) in [6.07, 6.45) is 3.64. The minimum absolute atomic E-state index is 0.0756.